The molecule has 0 aromatic carbocycles. The number of nitrogens with one attached hydrogen (secondary N) is 1. The van der Waals surface area contributed by atoms with Gasteiger partial charge in [-0.3, -0.25) is 4.98 Å². The minimum absolute atomic E-state index is 0.0543. The molecular weight excluding hydrogens is 336 g/mol. The van der Waals surface area contributed by atoms with Gasteiger partial charge in [-0.1, -0.05) is 20.8 Å². The number of anilines is 2. The second-order valence-corrected chi connectivity index (χ2v) is 12.9. The predicted molar refractivity (Wildman–Crippen MR) is 102 cm³/mol. The zero-order valence-corrected chi connectivity index (χ0v) is 16.7. The summed E-state index contributed by atoms with van der Waals surface area (Å²) in [6.45, 7) is 12.2. The lowest BCUT2D eigenvalue weighted by atomic mass is 10.0. The molecule has 0 spiro atoms. The van der Waals surface area contributed by atoms with Crippen molar-refractivity contribution in [3.63, 3.8) is 0 Å². The van der Waals surface area contributed by atoms with Crippen LogP contribution in [0.5, 0.6) is 0 Å². The van der Waals surface area contributed by atoms with E-state index in [1.54, 1.807) is 12.4 Å². The van der Waals surface area contributed by atoms with Crippen LogP contribution >= 0.6 is 0 Å². The molecule has 0 saturated carbocycles. The van der Waals surface area contributed by atoms with Gasteiger partial charge >= 0.3 is 6.09 Å². The number of amides is 1. The summed E-state index contributed by atoms with van der Waals surface area (Å²) in [5.74, 6) is 0. The Bertz CT molecular complexity index is 618. The fourth-order valence-corrected chi connectivity index (χ4v) is 4.17. The third-order valence-electron chi connectivity index (χ3n) is 5.29. The van der Waals surface area contributed by atoms with Gasteiger partial charge in [0.15, 0.2) is 8.32 Å². The third kappa shape index (κ3) is 4.64. The van der Waals surface area contributed by atoms with Crippen molar-refractivity contribution in [1.29, 1.82) is 0 Å². The number of carbonyl (C=O) groups is 1. The topological polar surface area (TPSA) is 101 Å². The number of nitrogen functional groups attached to an aromatic ring is 1. The van der Waals surface area contributed by atoms with E-state index in [1.807, 2.05) is 6.07 Å². The van der Waals surface area contributed by atoms with Crippen molar-refractivity contribution in [2.75, 3.05) is 23.7 Å². The number of hydrogen-bond acceptors (Lipinski definition) is 5. The summed E-state index contributed by atoms with van der Waals surface area (Å²) in [7, 11) is -2.03. The van der Waals surface area contributed by atoms with Crippen molar-refractivity contribution in [2.45, 2.75) is 57.5 Å². The summed E-state index contributed by atoms with van der Waals surface area (Å²) >= 11 is 0. The van der Waals surface area contributed by atoms with E-state index in [4.69, 9.17) is 10.2 Å². The quantitative estimate of drug-likeness (QED) is 0.708. The predicted octanol–water partition coefficient (Wildman–Crippen LogP) is 2.90. The van der Waals surface area contributed by atoms with Crippen LogP contribution in [-0.4, -0.2) is 49.7 Å². The number of hydrogen-bond donors (Lipinski definition) is 3. The van der Waals surface area contributed by atoms with Gasteiger partial charge in [-0.15, -0.1) is 0 Å². The van der Waals surface area contributed by atoms with Crippen molar-refractivity contribution < 1.29 is 14.3 Å². The van der Waals surface area contributed by atoms with Crippen LogP contribution in [0.3, 0.4) is 0 Å². The second kappa shape index (κ2) is 7.21. The molecule has 25 heavy (non-hydrogen) atoms. The molecule has 1 aromatic heterocycles. The molecule has 1 saturated heterocycles. The SMILES string of the molecule is CC(C)(C)[Si](C)(C)OC1CN(c2ccncc2N)CCC1NC(=O)O. The summed E-state index contributed by atoms with van der Waals surface area (Å²) < 4.78 is 6.56. The van der Waals surface area contributed by atoms with Crippen molar-refractivity contribution in [3.05, 3.63) is 18.5 Å². The lowest BCUT2D eigenvalue weighted by Gasteiger charge is -2.46. The zero-order chi connectivity index (χ0) is 18.8. The number of pyridine rings is 1. The van der Waals surface area contributed by atoms with Crippen LogP contribution in [0.1, 0.15) is 27.2 Å². The lowest BCUT2D eigenvalue weighted by molar-refractivity contribution is 0.115. The standard InChI is InChI=1S/C17H30N4O3Si/c1-17(2,3)25(4,5)24-15-11-21(9-7-13(15)20-16(22)23)14-6-8-19-10-12(14)18/h6,8,10,13,15,20H,7,9,11,18H2,1-5H3,(H,22,23). The van der Waals surface area contributed by atoms with Crippen LogP contribution < -0.4 is 16.0 Å². The van der Waals surface area contributed by atoms with Crippen LogP contribution in [0, 0.1) is 0 Å². The Labute approximate surface area is 150 Å². The highest BCUT2D eigenvalue weighted by Crippen LogP contribution is 2.38. The summed E-state index contributed by atoms with van der Waals surface area (Å²) in [5, 5.41) is 11.9. The van der Waals surface area contributed by atoms with Crippen LogP contribution in [0.2, 0.25) is 18.1 Å². The summed E-state index contributed by atoms with van der Waals surface area (Å²) in [4.78, 5) is 17.4. The van der Waals surface area contributed by atoms with E-state index < -0.39 is 14.4 Å². The van der Waals surface area contributed by atoms with Gasteiger partial charge in [0, 0.05) is 19.3 Å². The highest BCUT2D eigenvalue weighted by molar-refractivity contribution is 6.74. The average Bonchev–Trinajstić information content (AvgIpc) is 2.48. The smallest absolute Gasteiger partial charge is 0.404 e. The molecule has 1 amide bonds. The zero-order valence-electron chi connectivity index (χ0n) is 15.7. The van der Waals surface area contributed by atoms with Crippen molar-refractivity contribution in [3.8, 4) is 0 Å². The van der Waals surface area contributed by atoms with Gasteiger partial charge in [0.2, 0.25) is 0 Å². The number of carboxylic acid groups (broad SMARTS) is 1. The molecule has 7 nitrogen and oxygen atoms in total. The highest BCUT2D eigenvalue weighted by Gasteiger charge is 2.42. The Kier molecular flexibility index (Phi) is 5.63. The maximum atomic E-state index is 11.2. The number of nitrogens with zero attached hydrogens (tertiary/aromatic N) is 2. The summed E-state index contributed by atoms with van der Waals surface area (Å²) in [6.07, 6.45) is 2.81. The van der Waals surface area contributed by atoms with E-state index in [0.717, 1.165) is 12.2 Å². The molecule has 8 heteroatoms. The molecule has 2 rings (SSSR count). The van der Waals surface area contributed by atoms with Gasteiger partial charge in [0.1, 0.15) is 0 Å². The maximum Gasteiger partial charge on any atom is 0.404 e. The van der Waals surface area contributed by atoms with Gasteiger partial charge in [0.05, 0.1) is 29.7 Å². The highest BCUT2D eigenvalue weighted by atomic mass is 28.4. The lowest BCUT2D eigenvalue weighted by Crippen LogP contribution is -2.59. The maximum absolute atomic E-state index is 11.2. The first-order chi connectivity index (χ1) is 11.5. The second-order valence-electron chi connectivity index (χ2n) is 8.14. The molecule has 1 fully saturated rings. The molecule has 2 heterocycles. The molecule has 1 aromatic rings. The largest absolute Gasteiger partial charge is 0.465 e. The summed E-state index contributed by atoms with van der Waals surface area (Å²) in [6, 6.07) is 1.68. The van der Waals surface area contributed by atoms with Crippen LogP contribution in [0.25, 0.3) is 0 Å². The van der Waals surface area contributed by atoms with Crippen LogP contribution in [0.4, 0.5) is 16.2 Å². The summed E-state index contributed by atoms with van der Waals surface area (Å²) in [5.41, 5.74) is 7.61. The van der Waals surface area contributed by atoms with E-state index in [0.29, 0.717) is 18.7 Å². The first-order valence-electron chi connectivity index (χ1n) is 8.63. The minimum atomic E-state index is -2.03. The molecular formula is C17H30N4O3Si. The fourth-order valence-electron chi connectivity index (χ4n) is 2.82. The van der Waals surface area contributed by atoms with E-state index >= 15 is 0 Å². The molecule has 140 valence electrons. The Hall–Kier alpha value is -1.80. The van der Waals surface area contributed by atoms with Gasteiger partial charge in [-0.25, -0.2) is 4.79 Å². The van der Waals surface area contributed by atoms with Crippen LogP contribution in [0.15, 0.2) is 18.5 Å². The number of aromatic nitrogens is 1. The molecule has 1 aliphatic heterocycles. The molecule has 4 N–H and O–H groups in total. The van der Waals surface area contributed by atoms with E-state index in [9.17, 15) is 9.90 Å². The first-order valence-corrected chi connectivity index (χ1v) is 11.5. The van der Waals surface area contributed by atoms with Crippen molar-refractivity contribution in [2.24, 2.45) is 0 Å². The van der Waals surface area contributed by atoms with E-state index in [2.05, 4.69) is 49.1 Å². The van der Waals surface area contributed by atoms with E-state index in [1.165, 1.54) is 0 Å². The normalized spacial score (nSPS) is 21.9. The van der Waals surface area contributed by atoms with Gasteiger partial charge in [0.25, 0.3) is 0 Å². The van der Waals surface area contributed by atoms with E-state index in [-0.39, 0.29) is 17.2 Å². The number of piperidine rings is 1. The Balaban J connectivity index is 2.23. The molecule has 0 radical (unpaired) electrons. The molecule has 1 aliphatic rings. The minimum Gasteiger partial charge on any atom is -0.465 e. The Morgan fingerprint density at radius 2 is 2.16 bits per heavy atom. The fraction of sp³-hybridized carbons (Fsp3) is 0.647. The average molecular weight is 367 g/mol. The van der Waals surface area contributed by atoms with Gasteiger partial charge < -0.3 is 25.5 Å². The van der Waals surface area contributed by atoms with Gasteiger partial charge in [-0.05, 0) is 30.6 Å². The monoisotopic (exact) mass is 366 g/mol. The number of rotatable bonds is 4. The Morgan fingerprint density at radius 3 is 2.72 bits per heavy atom. The Morgan fingerprint density at radius 1 is 1.48 bits per heavy atom. The molecule has 2 atom stereocenters. The van der Waals surface area contributed by atoms with Crippen molar-refractivity contribution >= 4 is 25.8 Å². The number of nitrogens with two attached hydrogens (primary N) is 1. The van der Waals surface area contributed by atoms with Crippen LogP contribution in [-0.2, 0) is 4.43 Å². The van der Waals surface area contributed by atoms with Gasteiger partial charge in [-0.2, -0.15) is 0 Å². The van der Waals surface area contributed by atoms with Crippen molar-refractivity contribution in [1.82, 2.24) is 10.3 Å². The molecule has 0 bridgehead atoms. The first kappa shape index (κ1) is 19.5. The molecule has 2 unspecified atom stereocenters. The third-order valence-corrected chi connectivity index (χ3v) is 9.79. The molecule has 0 aliphatic carbocycles.